The molecule has 102 valence electrons. The lowest BCUT2D eigenvalue weighted by molar-refractivity contribution is -0.140. The van der Waals surface area contributed by atoms with Crippen molar-refractivity contribution in [1.29, 1.82) is 0 Å². The molecule has 2 nitrogen and oxygen atoms in total. The van der Waals surface area contributed by atoms with Crippen LogP contribution in [0, 0.1) is 5.82 Å². The van der Waals surface area contributed by atoms with E-state index in [1.807, 2.05) is 13.8 Å². The van der Waals surface area contributed by atoms with E-state index in [0.29, 0.717) is 6.07 Å². The molecule has 0 heterocycles. The van der Waals surface area contributed by atoms with Crippen molar-refractivity contribution in [2.45, 2.75) is 32.2 Å². The molecule has 0 saturated heterocycles. The Morgan fingerprint density at radius 3 is 2.39 bits per heavy atom. The Bertz CT molecular complexity index is 404. The Morgan fingerprint density at radius 2 is 1.89 bits per heavy atom. The van der Waals surface area contributed by atoms with Gasteiger partial charge in [0.25, 0.3) is 0 Å². The van der Waals surface area contributed by atoms with E-state index in [4.69, 9.17) is 0 Å². The van der Waals surface area contributed by atoms with Crippen molar-refractivity contribution in [3.8, 4) is 0 Å². The normalized spacial score (nSPS) is 14.0. The maximum Gasteiger partial charge on any atom is 0.419 e. The first-order chi connectivity index (χ1) is 8.21. The van der Waals surface area contributed by atoms with Crippen LogP contribution in [0.3, 0.4) is 0 Å². The molecule has 0 aliphatic carbocycles. The van der Waals surface area contributed by atoms with E-state index in [1.54, 1.807) is 0 Å². The second kappa shape index (κ2) is 5.67. The van der Waals surface area contributed by atoms with Gasteiger partial charge in [-0.3, -0.25) is 0 Å². The molecule has 18 heavy (non-hydrogen) atoms. The lowest BCUT2D eigenvalue weighted by Gasteiger charge is -2.16. The molecular weight excluding hydrogens is 250 g/mol. The predicted molar refractivity (Wildman–Crippen MR) is 59.5 cm³/mol. The van der Waals surface area contributed by atoms with Crippen LogP contribution in [0.2, 0.25) is 0 Å². The summed E-state index contributed by atoms with van der Waals surface area (Å²) in [5.74, 6) is -1.34. The summed E-state index contributed by atoms with van der Waals surface area (Å²) < 4.78 is 50.4. The van der Waals surface area contributed by atoms with Crippen molar-refractivity contribution in [2.75, 3.05) is 6.54 Å². The molecule has 0 aliphatic rings. The van der Waals surface area contributed by atoms with Gasteiger partial charge in [0, 0.05) is 12.6 Å². The average Bonchev–Trinajstić information content (AvgIpc) is 2.24. The van der Waals surface area contributed by atoms with Crippen LogP contribution in [0.1, 0.15) is 31.1 Å². The number of aliphatic hydroxyl groups excluding tert-OH is 1. The highest BCUT2D eigenvalue weighted by Gasteiger charge is 2.34. The molecule has 0 spiro atoms. The van der Waals surface area contributed by atoms with Gasteiger partial charge >= 0.3 is 6.18 Å². The van der Waals surface area contributed by atoms with Gasteiger partial charge in [-0.05, 0) is 17.7 Å². The monoisotopic (exact) mass is 265 g/mol. The fourth-order valence-electron chi connectivity index (χ4n) is 1.43. The number of alkyl halides is 3. The van der Waals surface area contributed by atoms with E-state index in [0.717, 1.165) is 12.1 Å². The number of nitrogens with one attached hydrogen (secondary N) is 1. The Hall–Kier alpha value is -1.14. The second-order valence-corrected chi connectivity index (χ2v) is 4.32. The van der Waals surface area contributed by atoms with Crippen LogP contribution in [0.25, 0.3) is 0 Å². The number of rotatable bonds is 4. The van der Waals surface area contributed by atoms with Gasteiger partial charge in [0.05, 0.1) is 11.7 Å². The van der Waals surface area contributed by atoms with Crippen LogP contribution in [-0.4, -0.2) is 17.7 Å². The van der Waals surface area contributed by atoms with Crippen molar-refractivity contribution in [3.05, 3.63) is 35.1 Å². The molecule has 1 atom stereocenters. The number of hydrogen-bond donors (Lipinski definition) is 2. The van der Waals surface area contributed by atoms with Crippen molar-refractivity contribution >= 4 is 0 Å². The van der Waals surface area contributed by atoms with Gasteiger partial charge in [-0.15, -0.1) is 0 Å². The van der Waals surface area contributed by atoms with E-state index in [1.165, 1.54) is 0 Å². The molecule has 2 N–H and O–H groups in total. The van der Waals surface area contributed by atoms with Gasteiger partial charge < -0.3 is 10.4 Å². The molecule has 0 amide bonds. The van der Waals surface area contributed by atoms with E-state index >= 15 is 0 Å². The van der Waals surface area contributed by atoms with Gasteiger partial charge in [0.1, 0.15) is 5.82 Å². The molecule has 0 aliphatic heterocycles. The standard InChI is InChI=1S/C12H15F4NO/c1-7(2)17-6-11(18)8-3-4-10(13)9(5-8)12(14,15)16/h3-5,7,11,17-18H,6H2,1-2H3. The van der Waals surface area contributed by atoms with Crippen LogP contribution in [0.4, 0.5) is 17.6 Å². The minimum Gasteiger partial charge on any atom is -0.387 e. The smallest absolute Gasteiger partial charge is 0.387 e. The average molecular weight is 265 g/mol. The lowest BCUT2D eigenvalue weighted by atomic mass is 10.0. The van der Waals surface area contributed by atoms with Crippen LogP contribution >= 0.6 is 0 Å². The topological polar surface area (TPSA) is 32.3 Å². The molecule has 6 heteroatoms. The molecule has 0 fully saturated rings. The van der Waals surface area contributed by atoms with Crippen LogP contribution in [0.5, 0.6) is 0 Å². The van der Waals surface area contributed by atoms with Crippen molar-refractivity contribution in [2.24, 2.45) is 0 Å². The number of benzene rings is 1. The van der Waals surface area contributed by atoms with E-state index in [2.05, 4.69) is 5.32 Å². The first-order valence-corrected chi connectivity index (χ1v) is 5.50. The first kappa shape index (κ1) is 14.9. The maximum atomic E-state index is 13.0. The molecule has 1 aromatic carbocycles. The third kappa shape index (κ3) is 3.96. The summed E-state index contributed by atoms with van der Waals surface area (Å²) in [5, 5.41) is 12.6. The van der Waals surface area contributed by atoms with Crippen molar-refractivity contribution in [1.82, 2.24) is 5.32 Å². The zero-order valence-corrected chi connectivity index (χ0v) is 10.1. The maximum absolute atomic E-state index is 13.0. The predicted octanol–water partition coefficient (Wildman–Crippen LogP) is 2.88. The van der Waals surface area contributed by atoms with Crippen molar-refractivity contribution < 1.29 is 22.7 Å². The number of halogens is 4. The number of hydrogen-bond acceptors (Lipinski definition) is 2. The Kier molecular flexibility index (Phi) is 4.70. The fourth-order valence-corrected chi connectivity index (χ4v) is 1.43. The molecule has 0 saturated carbocycles. The highest BCUT2D eigenvalue weighted by atomic mass is 19.4. The summed E-state index contributed by atoms with van der Waals surface area (Å²) in [6.45, 7) is 3.80. The SMILES string of the molecule is CC(C)NCC(O)c1ccc(F)c(C(F)(F)F)c1. The molecule has 1 unspecified atom stereocenters. The highest BCUT2D eigenvalue weighted by Crippen LogP contribution is 2.32. The van der Waals surface area contributed by atoms with Crippen molar-refractivity contribution in [3.63, 3.8) is 0 Å². The summed E-state index contributed by atoms with van der Waals surface area (Å²) >= 11 is 0. The third-order valence-electron chi connectivity index (χ3n) is 2.40. The Labute approximate surface area is 103 Å². The summed E-state index contributed by atoms with van der Waals surface area (Å²) in [5.41, 5.74) is -1.32. The summed E-state index contributed by atoms with van der Waals surface area (Å²) in [7, 11) is 0. The second-order valence-electron chi connectivity index (χ2n) is 4.32. The summed E-state index contributed by atoms with van der Waals surface area (Å²) in [6.07, 6.45) is -5.86. The zero-order chi connectivity index (χ0) is 13.9. The van der Waals surface area contributed by atoms with Crippen LogP contribution < -0.4 is 5.32 Å². The summed E-state index contributed by atoms with van der Waals surface area (Å²) in [6, 6.07) is 2.61. The van der Waals surface area contributed by atoms with Crippen LogP contribution in [0.15, 0.2) is 18.2 Å². The van der Waals surface area contributed by atoms with Gasteiger partial charge in [-0.1, -0.05) is 19.9 Å². The lowest BCUT2D eigenvalue weighted by Crippen LogP contribution is -2.28. The van der Waals surface area contributed by atoms with Gasteiger partial charge in [-0.2, -0.15) is 13.2 Å². The van der Waals surface area contributed by atoms with Gasteiger partial charge in [-0.25, -0.2) is 4.39 Å². The Balaban J connectivity index is 2.91. The molecule has 0 aromatic heterocycles. The molecule has 0 bridgehead atoms. The molecule has 0 radical (unpaired) electrons. The third-order valence-corrected chi connectivity index (χ3v) is 2.40. The van der Waals surface area contributed by atoms with E-state index < -0.39 is 23.7 Å². The minimum atomic E-state index is -4.76. The minimum absolute atomic E-state index is 0.0388. The van der Waals surface area contributed by atoms with Crippen LogP contribution in [-0.2, 0) is 6.18 Å². The number of aliphatic hydroxyl groups is 1. The summed E-state index contributed by atoms with van der Waals surface area (Å²) in [4.78, 5) is 0. The largest absolute Gasteiger partial charge is 0.419 e. The van der Waals surface area contributed by atoms with Gasteiger partial charge in [0.2, 0.25) is 0 Å². The molecule has 1 aromatic rings. The van der Waals surface area contributed by atoms with E-state index in [-0.39, 0.29) is 18.2 Å². The molecule has 1 rings (SSSR count). The Morgan fingerprint density at radius 1 is 1.28 bits per heavy atom. The van der Waals surface area contributed by atoms with Gasteiger partial charge in [0.15, 0.2) is 0 Å². The first-order valence-electron chi connectivity index (χ1n) is 5.50. The van der Waals surface area contributed by atoms with E-state index in [9.17, 15) is 22.7 Å². The molecular formula is C12H15F4NO. The highest BCUT2D eigenvalue weighted by molar-refractivity contribution is 5.28. The zero-order valence-electron chi connectivity index (χ0n) is 10.1. The quantitative estimate of drug-likeness (QED) is 0.820. The fraction of sp³-hybridized carbons (Fsp3) is 0.500.